The van der Waals surface area contributed by atoms with Crippen molar-refractivity contribution in [1.82, 2.24) is 19.9 Å². The molecule has 0 bridgehead atoms. The van der Waals surface area contributed by atoms with Crippen LogP contribution in [0.3, 0.4) is 0 Å². The summed E-state index contributed by atoms with van der Waals surface area (Å²) in [6.07, 6.45) is 13.1. The quantitative estimate of drug-likeness (QED) is 0.790. The molecule has 2 aromatic heterocycles. The van der Waals surface area contributed by atoms with Crippen LogP contribution in [0.25, 0.3) is 5.65 Å². The summed E-state index contributed by atoms with van der Waals surface area (Å²) in [5.41, 5.74) is 10.1. The second-order valence-electron chi connectivity index (χ2n) is 10.1. The van der Waals surface area contributed by atoms with Crippen LogP contribution < -0.4 is 11.1 Å². The number of fused-ring (bicyclic) bond motifs is 1. The standard InChI is InChI=1S/C23H31N5O/c24-21(15-11-23(12-15,16-3-4-16)17-5-6-17)19-13-28-20(26-19)8-7-18(27-28)10-14-2-1-9-25-22(14)29/h7-8,13-17,21H,1-6,9-12,24H2,(H,25,29). The molecule has 0 radical (unpaired) electrons. The molecule has 4 fully saturated rings. The van der Waals surface area contributed by atoms with Crippen LogP contribution in [0.4, 0.5) is 0 Å². The summed E-state index contributed by atoms with van der Waals surface area (Å²) in [6, 6.07) is 4.03. The first-order valence-corrected chi connectivity index (χ1v) is 11.5. The van der Waals surface area contributed by atoms with Crippen molar-refractivity contribution >= 4 is 11.6 Å². The Morgan fingerprint density at radius 3 is 2.62 bits per heavy atom. The lowest BCUT2D eigenvalue weighted by atomic mass is 9.54. The molecule has 3 N–H and O–H groups in total. The predicted octanol–water partition coefficient (Wildman–Crippen LogP) is 3.01. The van der Waals surface area contributed by atoms with Gasteiger partial charge < -0.3 is 11.1 Å². The molecule has 1 amide bonds. The first-order chi connectivity index (χ1) is 14.1. The molecule has 3 saturated carbocycles. The predicted molar refractivity (Wildman–Crippen MR) is 110 cm³/mol. The molecule has 29 heavy (non-hydrogen) atoms. The SMILES string of the molecule is NC(c1cn2nc(CC3CCCNC3=O)ccc2n1)C1CC(C2CC2)(C2CC2)C1. The van der Waals surface area contributed by atoms with Gasteiger partial charge in [-0.15, -0.1) is 0 Å². The molecule has 4 aliphatic rings. The van der Waals surface area contributed by atoms with E-state index < -0.39 is 0 Å². The Labute approximate surface area is 171 Å². The molecule has 3 heterocycles. The Hall–Kier alpha value is -1.95. The smallest absolute Gasteiger partial charge is 0.223 e. The topological polar surface area (TPSA) is 85.3 Å². The number of imidazole rings is 1. The monoisotopic (exact) mass is 393 g/mol. The molecule has 2 atom stereocenters. The van der Waals surface area contributed by atoms with Gasteiger partial charge in [-0.25, -0.2) is 9.50 Å². The van der Waals surface area contributed by atoms with Gasteiger partial charge in [0.05, 0.1) is 23.6 Å². The maximum atomic E-state index is 12.1. The van der Waals surface area contributed by atoms with Gasteiger partial charge in [-0.1, -0.05) is 0 Å². The number of rotatable bonds is 6. The van der Waals surface area contributed by atoms with Crippen molar-refractivity contribution in [2.75, 3.05) is 6.54 Å². The second kappa shape index (κ2) is 6.53. The van der Waals surface area contributed by atoms with Crippen LogP contribution in [0.5, 0.6) is 0 Å². The summed E-state index contributed by atoms with van der Waals surface area (Å²) in [7, 11) is 0. The minimum Gasteiger partial charge on any atom is -0.356 e. The van der Waals surface area contributed by atoms with Gasteiger partial charge in [0, 0.05) is 18.9 Å². The lowest BCUT2D eigenvalue weighted by Crippen LogP contribution is -2.45. The molecule has 6 nitrogen and oxygen atoms in total. The first-order valence-electron chi connectivity index (χ1n) is 11.5. The van der Waals surface area contributed by atoms with Crippen LogP contribution >= 0.6 is 0 Å². The second-order valence-corrected chi connectivity index (χ2v) is 10.1. The highest BCUT2D eigenvalue weighted by atomic mass is 16.1. The number of carbonyl (C=O) groups is 1. The van der Waals surface area contributed by atoms with Gasteiger partial charge in [-0.05, 0) is 86.7 Å². The van der Waals surface area contributed by atoms with E-state index in [2.05, 4.69) is 5.32 Å². The number of hydrogen-bond donors (Lipinski definition) is 2. The number of nitrogens with zero attached hydrogens (tertiary/aromatic N) is 3. The molecule has 2 aromatic rings. The summed E-state index contributed by atoms with van der Waals surface area (Å²) in [5, 5.41) is 7.70. The number of nitrogens with two attached hydrogens (primary N) is 1. The average molecular weight is 394 g/mol. The molecule has 6 rings (SSSR count). The van der Waals surface area contributed by atoms with Crippen molar-refractivity contribution in [3.8, 4) is 0 Å². The number of hydrogen-bond acceptors (Lipinski definition) is 4. The maximum Gasteiger partial charge on any atom is 0.223 e. The van der Waals surface area contributed by atoms with E-state index in [0.717, 1.165) is 48.3 Å². The van der Waals surface area contributed by atoms with Gasteiger partial charge in [-0.3, -0.25) is 4.79 Å². The number of carbonyl (C=O) groups excluding carboxylic acids is 1. The van der Waals surface area contributed by atoms with Crippen molar-refractivity contribution < 1.29 is 4.79 Å². The molecular weight excluding hydrogens is 362 g/mol. The highest BCUT2D eigenvalue weighted by Gasteiger charge is 2.61. The summed E-state index contributed by atoms with van der Waals surface area (Å²) in [6.45, 7) is 0.800. The van der Waals surface area contributed by atoms with E-state index in [4.69, 9.17) is 15.8 Å². The zero-order chi connectivity index (χ0) is 19.6. The number of nitrogens with one attached hydrogen (secondary N) is 1. The summed E-state index contributed by atoms with van der Waals surface area (Å²) in [4.78, 5) is 16.8. The average Bonchev–Trinajstić information content (AvgIpc) is 3.61. The van der Waals surface area contributed by atoms with E-state index >= 15 is 0 Å². The van der Waals surface area contributed by atoms with Gasteiger partial charge in [-0.2, -0.15) is 5.10 Å². The van der Waals surface area contributed by atoms with E-state index in [0.29, 0.717) is 17.8 Å². The molecule has 3 aliphatic carbocycles. The van der Waals surface area contributed by atoms with Gasteiger partial charge in [0.25, 0.3) is 0 Å². The van der Waals surface area contributed by atoms with Crippen LogP contribution in [-0.2, 0) is 11.2 Å². The highest BCUT2D eigenvalue weighted by molar-refractivity contribution is 5.79. The van der Waals surface area contributed by atoms with Crippen molar-refractivity contribution in [1.29, 1.82) is 0 Å². The Morgan fingerprint density at radius 2 is 1.93 bits per heavy atom. The molecule has 0 spiro atoms. The van der Waals surface area contributed by atoms with E-state index in [1.54, 1.807) is 0 Å². The molecule has 1 saturated heterocycles. The van der Waals surface area contributed by atoms with Crippen LogP contribution in [0.15, 0.2) is 18.3 Å². The highest BCUT2D eigenvalue weighted by Crippen LogP contribution is 2.69. The van der Waals surface area contributed by atoms with Gasteiger partial charge in [0.15, 0.2) is 5.65 Å². The normalized spacial score (nSPS) is 28.2. The number of amides is 1. The fraction of sp³-hybridized carbons (Fsp3) is 0.696. The zero-order valence-corrected chi connectivity index (χ0v) is 17.0. The van der Waals surface area contributed by atoms with E-state index in [1.807, 2.05) is 22.8 Å². The van der Waals surface area contributed by atoms with Crippen LogP contribution in [0, 0.1) is 29.1 Å². The van der Waals surface area contributed by atoms with E-state index in [9.17, 15) is 4.79 Å². The Balaban J connectivity index is 1.17. The van der Waals surface area contributed by atoms with Crippen LogP contribution in [0.2, 0.25) is 0 Å². The molecule has 154 valence electrons. The number of piperidine rings is 1. The molecule has 1 aliphatic heterocycles. The maximum absolute atomic E-state index is 12.1. The van der Waals surface area contributed by atoms with E-state index in [1.165, 1.54) is 38.5 Å². The minimum atomic E-state index is 0.00916. The Bertz CT molecular complexity index is 924. The summed E-state index contributed by atoms with van der Waals surface area (Å²) in [5.74, 6) is 2.73. The largest absolute Gasteiger partial charge is 0.356 e. The first kappa shape index (κ1) is 17.9. The lowest BCUT2D eigenvalue weighted by molar-refractivity contribution is -0.126. The molecule has 6 heteroatoms. The van der Waals surface area contributed by atoms with Crippen molar-refractivity contribution in [2.24, 2.45) is 34.8 Å². The van der Waals surface area contributed by atoms with Gasteiger partial charge >= 0.3 is 0 Å². The van der Waals surface area contributed by atoms with Crippen molar-refractivity contribution in [3.63, 3.8) is 0 Å². The van der Waals surface area contributed by atoms with Crippen molar-refractivity contribution in [3.05, 3.63) is 29.7 Å². The van der Waals surface area contributed by atoms with Crippen molar-refractivity contribution in [2.45, 2.75) is 63.8 Å². The fourth-order valence-corrected chi connectivity index (χ4v) is 6.22. The third-order valence-electron chi connectivity index (χ3n) is 8.16. The van der Waals surface area contributed by atoms with E-state index in [-0.39, 0.29) is 17.9 Å². The molecular formula is C23H31N5O. The summed E-state index contributed by atoms with van der Waals surface area (Å²) < 4.78 is 1.86. The zero-order valence-electron chi connectivity index (χ0n) is 17.0. The summed E-state index contributed by atoms with van der Waals surface area (Å²) >= 11 is 0. The number of aromatic nitrogens is 3. The minimum absolute atomic E-state index is 0.00916. The lowest BCUT2D eigenvalue weighted by Gasteiger charge is -2.51. The third kappa shape index (κ3) is 3.07. The third-order valence-corrected chi connectivity index (χ3v) is 8.16. The Morgan fingerprint density at radius 1 is 1.17 bits per heavy atom. The Kier molecular flexibility index (Phi) is 4.02. The molecule has 2 unspecified atom stereocenters. The van der Waals surface area contributed by atoms with Crippen LogP contribution in [0.1, 0.15) is 68.8 Å². The van der Waals surface area contributed by atoms with Gasteiger partial charge in [0.1, 0.15) is 0 Å². The fourth-order valence-electron chi connectivity index (χ4n) is 6.22. The molecule has 0 aromatic carbocycles. The van der Waals surface area contributed by atoms with Gasteiger partial charge in [0.2, 0.25) is 5.91 Å². The van der Waals surface area contributed by atoms with Crippen LogP contribution in [-0.4, -0.2) is 27.0 Å².